The number of hydrogen-bond acceptors (Lipinski definition) is 5. The average molecular weight is 295 g/mol. The van der Waals surface area contributed by atoms with Gasteiger partial charge in [-0.3, -0.25) is 9.69 Å². The normalized spacial score (nSPS) is 18.0. The lowest BCUT2D eigenvalue weighted by Crippen LogP contribution is -2.33. The molecule has 1 N–H and O–H groups in total. The summed E-state index contributed by atoms with van der Waals surface area (Å²) in [4.78, 5) is 17.4. The molecular weight excluding hydrogens is 270 g/mol. The van der Waals surface area contributed by atoms with Crippen molar-refractivity contribution in [2.45, 2.75) is 58.4 Å². The Balaban J connectivity index is 1.78. The molecule has 0 unspecified atom stereocenters. The quantitative estimate of drug-likeness (QED) is 0.898. The van der Waals surface area contributed by atoms with Crippen molar-refractivity contribution >= 4 is 5.97 Å². The molecule has 0 radical (unpaired) electrons. The number of carboxylic acids is 1. The van der Waals surface area contributed by atoms with Crippen molar-refractivity contribution in [3.05, 3.63) is 11.7 Å². The molecule has 0 spiro atoms. The van der Waals surface area contributed by atoms with Crippen molar-refractivity contribution in [1.29, 1.82) is 0 Å². The fourth-order valence-electron chi connectivity index (χ4n) is 2.58. The molecule has 1 aliphatic rings. The van der Waals surface area contributed by atoms with Crippen LogP contribution in [0.3, 0.4) is 0 Å². The summed E-state index contributed by atoms with van der Waals surface area (Å²) in [6, 6.07) is 0. The molecule has 1 aromatic heterocycles. The minimum atomic E-state index is -0.695. The molecule has 1 aliphatic heterocycles. The lowest BCUT2D eigenvalue weighted by Gasteiger charge is -2.30. The molecular formula is C15H25N3O3. The molecule has 6 heteroatoms. The van der Waals surface area contributed by atoms with Gasteiger partial charge in [-0.25, -0.2) is 0 Å². The van der Waals surface area contributed by atoms with E-state index in [0.29, 0.717) is 18.4 Å². The number of nitrogens with zero attached hydrogens (tertiary/aromatic N) is 3. The number of aliphatic carboxylic acids is 1. The highest BCUT2D eigenvalue weighted by molar-refractivity contribution is 5.66. The Bertz CT molecular complexity index is 471. The summed E-state index contributed by atoms with van der Waals surface area (Å²) in [7, 11) is 0. The highest BCUT2D eigenvalue weighted by Crippen LogP contribution is 2.24. The van der Waals surface area contributed by atoms with Crippen LogP contribution in [0.5, 0.6) is 0 Å². The van der Waals surface area contributed by atoms with Crippen LogP contribution in [-0.4, -0.2) is 39.2 Å². The van der Waals surface area contributed by atoms with Gasteiger partial charge < -0.3 is 9.63 Å². The van der Waals surface area contributed by atoms with Gasteiger partial charge in [-0.1, -0.05) is 25.9 Å². The molecule has 0 amide bonds. The second-order valence-corrected chi connectivity index (χ2v) is 6.92. The number of carboxylic acid groups (broad SMARTS) is 1. The first kappa shape index (κ1) is 15.9. The van der Waals surface area contributed by atoms with Gasteiger partial charge in [-0.05, 0) is 38.3 Å². The van der Waals surface area contributed by atoms with Crippen LogP contribution < -0.4 is 0 Å². The number of hydrogen-bond donors (Lipinski definition) is 1. The Hall–Kier alpha value is -1.43. The van der Waals surface area contributed by atoms with Crippen LogP contribution >= 0.6 is 0 Å². The minimum absolute atomic E-state index is 0.116. The monoisotopic (exact) mass is 295 g/mol. The second-order valence-electron chi connectivity index (χ2n) is 6.92. The van der Waals surface area contributed by atoms with Crippen LogP contribution in [0, 0.1) is 5.92 Å². The van der Waals surface area contributed by atoms with Crippen LogP contribution in [0.2, 0.25) is 0 Å². The van der Waals surface area contributed by atoms with E-state index in [1.165, 1.54) is 0 Å². The van der Waals surface area contributed by atoms with Crippen molar-refractivity contribution in [3.63, 3.8) is 0 Å². The summed E-state index contributed by atoms with van der Waals surface area (Å²) in [5.74, 6) is 1.25. The van der Waals surface area contributed by atoms with Crippen molar-refractivity contribution in [2.75, 3.05) is 13.1 Å². The highest BCUT2D eigenvalue weighted by Gasteiger charge is 2.24. The molecule has 1 saturated heterocycles. The van der Waals surface area contributed by atoms with Gasteiger partial charge in [0, 0.05) is 11.8 Å². The first-order chi connectivity index (χ1) is 9.84. The minimum Gasteiger partial charge on any atom is -0.481 e. The molecule has 21 heavy (non-hydrogen) atoms. The second kappa shape index (κ2) is 6.56. The van der Waals surface area contributed by atoms with E-state index in [9.17, 15) is 4.79 Å². The Labute approximate surface area is 125 Å². The zero-order valence-electron chi connectivity index (χ0n) is 13.1. The maximum atomic E-state index is 10.6. The van der Waals surface area contributed by atoms with Gasteiger partial charge in [0.25, 0.3) is 0 Å². The predicted octanol–water partition coefficient (Wildman–Crippen LogP) is 2.44. The average Bonchev–Trinajstić information content (AvgIpc) is 2.86. The third kappa shape index (κ3) is 4.81. The molecule has 0 atom stereocenters. The van der Waals surface area contributed by atoms with Gasteiger partial charge in [0.1, 0.15) is 0 Å². The third-order valence-electron chi connectivity index (χ3n) is 3.95. The van der Waals surface area contributed by atoms with Crippen LogP contribution in [0.15, 0.2) is 4.52 Å². The zero-order chi connectivity index (χ0) is 15.5. The highest BCUT2D eigenvalue weighted by atomic mass is 16.5. The number of aromatic nitrogens is 2. The largest absolute Gasteiger partial charge is 0.481 e. The summed E-state index contributed by atoms with van der Waals surface area (Å²) < 4.78 is 5.30. The number of rotatable bonds is 5. The van der Waals surface area contributed by atoms with Gasteiger partial charge in [0.2, 0.25) is 5.89 Å². The Morgan fingerprint density at radius 1 is 1.38 bits per heavy atom. The van der Waals surface area contributed by atoms with Crippen molar-refractivity contribution in [2.24, 2.45) is 5.92 Å². The van der Waals surface area contributed by atoms with E-state index in [1.54, 1.807) is 0 Å². The molecule has 6 nitrogen and oxygen atoms in total. The Morgan fingerprint density at radius 3 is 2.57 bits per heavy atom. The van der Waals surface area contributed by atoms with Gasteiger partial charge in [0.15, 0.2) is 5.82 Å². The van der Waals surface area contributed by atoms with Crippen molar-refractivity contribution < 1.29 is 14.4 Å². The smallest absolute Gasteiger partial charge is 0.303 e. The summed E-state index contributed by atoms with van der Waals surface area (Å²) >= 11 is 0. The predicted molar refractivity (Wildman–Crippen MR) is 77.9 cm³/mol. The van der Waals surface area contributed by atoms with Gasteiger partial charge in [-0.2, -0.15) is 4.98 Å². The first-order valence-electron chi connectivity index (χ1n) is 7.62. The van der Waals surface area contributed by atoms with E-state index in [0.717, 1.165) is 38.2 Å². The van der Waals surface area contributed by atoms with Gasteiger partial charge in [0.05, 0.1) is 6.54 Å². The van der Waals surface area contributed by atoms with Gasteiger partial charge in [-0.15, -0.1) is 0 Å². The van der Waals surface area contributed by atoms with Crippen molar-refractivity contribution in [1.82, 2.24) is 15.0 Å². The van der Waals surface area contributed by atoms with E-state index in [2.05, 4.69) is 35.8 Å². The maximum absolute atomic E-state index is 10.6. The zero-order valence-corrected chi connectivity index (χ0v) is 13.1. The van der Waals surface area contributed by atoms with E-state index in [-0.39, 0.29) is 11.8 Å². The summed E-state index contributed by atoms with van der Waals surface area (Å²) in [6.07, 6.45) is 3.18. The van der Waals surface area contributed by atoms with Crippen LogP contribution in [-0.2, 0) is 16.8 Å². The SMILES string of the molecule is CC(C)(C)c1nc(CN2CCC(CCC(=O)O)CC2)no1. The molecule has 0 bridgehead atoms. The molecule has 2 rings (SSSR count). The van der Waals surface area contributed by atoms with Crippen LogP contribution in [0.4, 0.5) is 0 Å². The first-order valence-corrected chi connectivity index (χ1v) is 7.62. The van der Waals surface area contributed by atoms with E-state index in [1.807, 2.05) is 0 Å². The Kier molecular flexibility index (Phi) is 4.98. The van der Waals surface area contributed by atoms with Gasteiger partial charge >= 0.3 is 5.97 Å². The number of piperidine rings is 1. The van der Waals surface area contributed by atoms with E-state index < -0.39 is 5.97 Å². The van der Waals surface area contributed by atoms with E-state index in [4.69, 9.17) is 9.63 Å². The maximum Gasteiger partial charge on any atom is 0.303 e. The lowest BCUT2D eigenvalue weighted by atomic mass is 9.92. The summed E-state index contributed by atoms with van der Waals surface area (Å²) in [6.45, 7) is 8.83. The number of likely N-dealkylation sites (tertiary alicyclic amines) is 1. The molecule has 1 aromatic rings. The third-order valence-corrected chi connectivity index (χ3v) is 3.95. The Morgan fingerprint density at radius 2 is 2.05 bits per heavy atom. The summed E-state index contributed by atoms with van der Waals surface area (Å²) in [5, 5.41) is 12.8. The molecule has 1 fully saturated rings. The molecule has 2 heterocycles. The van der Waals surface area contributed by atoms with Crippen LogP contribution in [0.25, 0.3) is 0 Å². The van der Waals surface area contributed by atoms with E-state index >= 15 is 0 Å². The molecule has 0 saturated carbocycles. The molecule has 118 valence electrons. The standard InChI is InChI=1S/C15H25N3O3/c1-15(2,3)14-16-12(17-21-14)10-18-8-6-11(7-9-18)4-5-13(19)20/h11H,4-10H2,1-3H3,(H,19,20). The molecule has 0 aliphatic carbocycles. The fourth-order valence-corrected chi connectivity index (χ4v) is 2.58. The molecule has 0 aromatic carbocycles. The van der Waals surface area contributed by atoms with Crippen LogP contribution in [0.1, 0.15) is 58.2 Å². The summed E-state index contributed by atoms with van der Waals surface area (Å²) in [5.41, 5.74) is -0.116. The number of carbonyl (C=O) groups is 1. The fraction of sp³-hybridized carbons (Fsp3) is 0.800. The topological polar surface area (TPSA) is 79.5 Å². The lowest BCUT2D eigenvalue weighted by molar-refractivity contribution is -0.137. The van der Waals surface area contributed by atoms with Crippen molar-refractivity contribution in [3.8, 4) is 0 Å².